The van der Waals surface area contributed by atoms with Gasteiger partial charge in [-0.3, -0.25) is 43.1 Å². The summed E-state index contributed by atoms with van der Waals surface area (Å²) in [5.74, 6) is 3.80. The Kier molecular flexibility index (Phi) is 15.2. The van der Waals surface area contributed by atoms with Crippen molar-refractivity contribution in [2.45, 2.75) is 78.9 Å². The first kappa shape index (κ1) is 57.2. The fourth-order valence-corrected chi connectivity index (χ4v) is 17.5. The van der Waals surface area contributed by atoms with E-state index in [2.05, 4.69) is 44.3 Å². The summed E-state index contributed by atoms with van der Waals surface area (Å²) < 4.78 is 16.7. The maximum Gasteiger partial charge on any atom is 0.309 e. The number of nitrogens with zero attached hydrogens (tertiary/aromatic N) is 13. The molecule has 1 saturated heterocycles. The highest BCUT2D eigenvalue weighted by atomic mass is 35.5. The zero-order valence-electron chi connectivity index (χ0n) is 47.5. The van der Waals surface area contributed by atoms with E-state index in [1.54, 1.807) is 34.0 Å². The average Bonchev–Trinajstić information content (AvgIpc) is 1.63. The minimum Gasteiger partial charge on any atom is -0.481 e. The summed E-state index contributed by atoms with van der Waals surface area (Å²) in [4.78, 5) is 57.2. The van der Waals surface area contributed by atoms with Gasteiger partial charge in [-0.15, -0.1) is 64.6 Å². The van der Waals surface area contributed by atoms with Crippen molar-refractivity contribution in [2.75, 3.05) is 33.4 Å². The van der Waals surface area contributed by atoms with E-state index in [9.17, 15) is 19.5 Å². The van der Waals surface area contributed by atoms with Gasteiger partial charge in [0.15, 0.2) is 17.5 Å². The van der Waals surface area contributed by atoms with E-state index in [1.165, 1.54) is 28.0 Å². The number of fused-ring (bicyclic) bond motifs is 15. The molecule has 0 spiro atoms. The van der Waals surface area contributed by atoms with Crippen molar-refractivity contribution in [3.63, 3.8) is 0 Å². The maximum absolute atomic E-state index is 13.2. The number of aryl methyl sites for hydroxylation is 3. The molecule has 3 atom stereocenters. The number of aliphatic carboxylic acids is 1. The van der Waals surface area contributed by atoms with Crippen LogP contribution in [0.1, 0.15) is 99.6 Å². The molecule has 0 saturated carbocycles. The highest BCUT2D eigenvalue weighted by Gasteiger charge is 2.41. The second-order valence-corrected chi connectivity index (χ2v) is 26.7. The van der Waals surface area contributed by atoms with Crippen molar-refractivity contribution in [3.8, 4) is 15.0 Å². The van der Waals surface area contributed by atoms with Crippen LogP contribution in [0.4, 0.5) is 0 Å². The third-order valence-electron chi connectivity index (χ3n) is 16.9. The van der Waals surface area contributed by atoms with Gasteiger partial charge in [-0.2, -0.15) is 0 Å². The first-order valence-electron chi connectivity index (χ1n) is 28.5. The zero-order chi connectivity index (χ0) is 59.9. The average molecular weight is 1280 g/mol. The molecule has 6 aromatic heterocycles. The summed E-state index contributed by atoms with van der Waals surface area (Å²) in [6, 6.07) is 23.2. The largest absolute Gasteiger partial charge is 0.481 e. The molecule has 1 fully saturated rings. The number of carbonyl (C=O) groups excluding carboxylic acids is 2. The van der Waals surface area contributed by atoms with Crippen molar-refractivity contribution < 1.29 is 29.0 Å². The van der Waals surface area contributed by atoms with Gasteiger partial charge in [0.2, 0.25) is 5.91 Å². The molecule has 9 aromatic rings. The fourth-order valence-electron chi connectivity index (χ4n) is 12.7. The SMILES string of the molecule is COC(=O)C1Cc2sc3c(c2C1)C(c1ccc(Cl)cc1)=NCc1nnc(C)n1-3.Cc1nnc2n1-c1sc3c(c1C(c1ccc(Cl)cc1)=NC2)CC(C(=O)N1CCOCC1)C3.Cc1nnc2n1-c1sc3c(c1C(c1ccc(Cl)cc1)=NC2)CC(C(=O)O)C3. The predicted octanol–water partition coefficient (Wildman–Crippen LogP) is 10.2. The second kappa shape index (κ2) is 23.2. The number of benzene rings is 3. The molecule has 16 rings (SSSR count). The standard InChI is InChI=1S/C23H22ClN5O2S.C20H17ClN4O2S.C19H15ClN4O2S/c1-13-26-27-19-12-25-21(14-2-4-16(24)5-3-14)20-17-10-15(11-18(17)32-23(20)29(13)19)22(30)28-6-8-31-9-7-28;1-10-23-24-16-9-22-18(11-3-5-13(21)6-4-11)17-14-7-12(20(26)27-2)8-15(14)28-19(17)25(10)16;1-9-22-23-15-8-21-17(10-2-4-12(20)5-3-10)16-13-6-11(19(25)26)7-14(13)27-18(16)24(9)15/h2-5,15H,6-12H2,1H3;3-6,12H,7-9H2,1-2H3;2-5,11H,6-8H2,1H3,(H,25,26). The van der Waals surface area contributed by atoms with Crippen molar-refractivity contribution in [1.29, 1.82) is 0 Å². The Bertz CT molecular complexity index is 4360. The molecule has 4 aliphatic heterocycles. The molecule has 3 aromatic carbocycles. The van der Waals surface area contributed by atoms with Gasteiger partial charge in [-0.25, -0.2) is 0 Å². The fraction of sp³-hybridized carbons (Fsp3) is 0.323. The number of hydrogen-bond donors (Lipinski definition) is 1. The quantitative estimate of drug-likeness (QED) is 0.154. The number of rotatable bonds is 6. The molecule has 0 bridgehead atoms. The summed E-state index contributed by atoms with van der Waals surface area (Å²) >= 11 is 23.4. The number of carboxylic acid groups (broad SMARTS) is 1. The normalized spacial score (nSPS) is 18.4. The van der Waals surface area contributed by atoms with Gasteiger partial charge < -0.3 is 19.5 Å². The Morgan fingerprint density at radius 2 is 0.851 bits per heavy atom. The lowest BCUT2D eigenvalue weighted by atomic mass is 9.97. The number of ether oxygens (including phenoxy) is 2. The molecule has 7 aliphatic rings. The summed E-state index contributed by atoms with van der Waals surface area (Å²) in [5, 5.41) is 40.5. The molecule has 1 N–H and O–H groups in total. The van der Waals surface area contributed by atoms with E-state index in [4.69, 9.17) is 59.3 Å². The molecule has 19 nitrogen and oxygen atoms in total. The molecular formula is C62H54Cl3N13O6S3. The van der Waals surface area contributed by atoms with E-state index in [0.29, 0.717) is 86.7 Å². The van der Waals surface area contributed by atoms with Gasteiger partial charge in [-0.05, 0) is 112 Å². The van der Waals surface area contributed by atoms with Gasteiger partial charge in [0.05, 0.1) is 49.3 Å². The molecule has 25 heteroatoms. The number of halogens is 3. The summed E-state index contributed by atoms with van der Waals surface area (Å²) in [5.41, 5.74) is 12.5. The van der Waals surface area contributed by atoms with Gasteiger partial charge >= 0.3 is 11.9 Å². The molecule has 1 amide bonds. The Balaban J connectivity index is 0.000000115. The van der Waals surface area contributed by atoms with Crippen LogP contribution in [0.2, 0.25) is 15.1 Å². The van der Waals surface area contributed by atoms with Crippen molar-refractivity contribution >= 4 is 104 Å². The van der Waals surface area contributed by atoms with Gasteiger partial charge in [0.25, 0.3) is 0 Å². The predicted molar refractivity (Wildman–Crippen MR) is 334 cm³/mol. The number of aliphatic imine (C=N–C) groups is 3. The number of methoxy groups -OCH3 is 1. The first-order chi connectivity index (χ1) is 42.2. The number of thiophene rings is 3. The van der Waals surface area contributed by atoms with Gasteiger partial charge in [0, 0.05) is 82.1 Å². The van der Waals surface area contributed by atoms with Crippen LogP contribution in [0.15, 0.2) is 87.8 Å². The smallest absolute Gasteiger partial charge is 0.309 e. The Hall–Kier alpha value is -7.57. The first-order valence-corrected chi connectivity index (χ1v) is 32.0. The van der Waals surface area contributed by atoms with Crippen LogP contribution >= 0.6 is 68.8 Å². The number of amides is 1. The molecule has 87 heavy (non-hydrogen) atoms. The summed E-state index contributed by atoms with van der Waals surface area (Å²) in [7, 11) is 1.45. The highest BCUT2D eigenvalue weighted by molar-refractivity contribution is 7.16. The third kappa shape index (κ3) is 10.3. The summed E-state index contributed by atoms with van der Waals surface area (Å²) in [6.07, 6.45) is 3.96. The van der Waals surface area contributed by atoms with Crippen LogP contribution in [-0.4, -0.2) is 123 Å². The van der Waals surface area contributed by atoms with E-state index in [-0.39, 0.29) is 29.6 Å². The van der Waals surface area contributed by atoms with Gasteiger partial charge in [-0.1, -0.05) is 71.2 Å². The van der Waals surface area contributed by atoms with Crippen molar-refractivity contribution in [2.24, 2.45) is 32.7 Å². The van der Waals surface area contributed by atoms with Gasteiger partial charge in [0.1, 0.15) is 52.1 Å². The van der Waals surface area contributed by atoms with E-state index in [0.717, 1.165) is 124 Å². The number of esters is 1. The number of hydrogen-bond acceptors (Lipinski definition) is 17. The van der Waals surface area contributed by atoms with Crippen molar-refractivity contribution in [1.82, 2.24) is 49.2 Å². The molecule has 442 valence electrons. The van der Waals surface area contributed by atoms with E-state index in [1.807, 2.05) is 98.5 Å². The molecular weight excluding hydrogens is 1230 g/mol. The number of morpholine rings is 1. The van der Waals surface area contributed by atoms with E-state index >= 15 is 0 Å². The van der Waals surface area contributed by atoms with E-state index < -0.39 is 5.97 Å². The van der Waals surface area contributed by atoms with Crippen LogP contribution in [0, 0.1) is 38.5 Å². The second-order valence-electron chi connectivity index (χ2n) is 22.2. The third-order valence-corrected chi connectivity index (χ3v) is 21.4. The number of carboxylic acids is 1. The Labute approximate surface area is 526 Å². The zero-order valence-corrected chi connectivity index (χ0v) is 52.2. The van der Waals surface area contributed by atoms with Crippen molar-refractivity contribution in [3.05, 3.63) is 188 Å². The molecule has 3 unspecified atom stereocenters. The van der Waals surface area contributed by atoms with Crippen LogP contribution in [-0.2, 0) is 82.0 Å². The number of aromatic nitrogens is 9. The van der Waals surface area contributed by atoms with Crippen LogP contribution < -0.4 is 0 Å². The summed E-state index contributed by atoms with van der Waals surface area (Å²) in [6.45, 7) is 9.82. The minimum absolute atomic E-state index is 0.0177. The van der Waals surface area contributed by atoms with Crippen LogP contribution in [0.5, 0.6) is 0 Å². The topological polar surface area (TPSA) is 222 Å². The monoisotopic (exact) mass is 1280 g/mol. The van der Waals surface area contributed by atoms with Crippen LogP contribution in [0.25, 0.3) is 15.0 Å². The molecule has 3 aliphatic carbocycles. The Morgan fingerprint density at radius 3 is 1.22 bits per heavy atom. The lowest BCUT2D eigenvalue weighted by Crippen LogP contribution is -2.44. The highest BCUT2D eigenvalue weighted by Crippen LogP contribution is 2.47. The molecule has 0 radical (unpaired) electrons. The molecule has 10 heterocycles. The lowest BCUT2D eigenvalue weighted by Gasteiger charge is -2.29. The Morgan fingerprint density at radius 1 is 0.506 bits per heavy atom. The lowest BCUT2D eigenvalue weighted by molar-refractivity contribution is -0.145. The maximum atomic E-state index is 13.2. The number of carbonyl (C=O) groups is 3. The minimum atomic E-state index is -0.744. The van der Waals surface area contributed by atoms with Crippen LogP contribution in [0.3, 0.4) is 0 Å².